The summed E-state index contributed by atoms with van der Waals surface area (Å²) < 4.78 is 93.8. The Morgan fingerprint density at radius 3 is 1.20 bits per heavy atom. The molecule has 0 bridgehead atoms. The Morgan fingerprint density at radius 1 is 0.640 bits per heavy atom. The van der Waals surface area contributed by atoms with Gasteiger partial charge in [-0.1, -0.05) is 0 Å². The molecular weight excluding hydrogens is 393 g/mol. The molecule has 4 saturated heterocycles. The predicted octanol–water partition coefficient (Wildman–Crippen LogP) is 2.83. The first-order valence-corrected chi connectivity index (χ1v) is 10.6. The summed E-state index contributed by atoms with van der Waals surface area (Å²) in [5.41, 5.74) is 0. The summed E-state index contributed by atoms with van der Waals surface area (Å²) in [4.78, 5) is 0. The molecule has 0 aromatic heterocycles. The van der Waals surface area contributed by atoms with Gasteiger partial charge in [0.2, 0.25) is 0 Å². The molecule has 1 aliphatic carbocycles. The van der Waals surface area contributed by atoms with E-state index >= 15 is 0 Å². The number of allylic oxidation sites excluding steroid dienone is 2. The molecule has 4 nitrogen and oxygen atoms in total. The molecule has 5 rings (SSSR count). The second-order valence-corrected chi connectivity index (χ2v) is 12.1. The van der Waals surface area contributed by atoms with Crippen molar-refractivity contribution in [3.8, 4) is 0 Å². The molecule has 0 N–H and O–H groups in total. The third-order valence-electron chi connectivity index (χ3n) is 6.52. The summed E-state index contributed by atoms with van der Waals surface area (Å²) in [6, 6.07) is 0. The Balaban J connectivity index is 1.90. The number of halogens is 7. The zero-order valence-corrected chi connectivity index (χ0v) is 14.7. The van der Waals surface area contributed by atoms with E-state index in [-0.39, 0.29) is 0 Å². The molecule has 0 radical (unpaired) electrons. The van der Waals surface area contributed by atoms with Crippen molar-refractivity contribution in [2.24, 2.45) is 0 Å². The zero-order valence-electron chi connectivity index (χ0n) is 13.0. The molecule has 5 aliphatic rings. The Hall–Kier alpha value is -0.120. The predicted molar refractivity (Wildman–Crippen MR) is 80.9 cm³/mol. The maximum absolute atomic E-state index is 15.0. The van der Waals surface area contributed by atoms with Crippen LogP contribution >= 0.6 is 18.8 Å². The SMILES string of the molecule is FC1(F)C(Cl)=C(P234N5CCN2CCN3CCN4CC5)C(F)(F)C1(F)F. The average Bonchev–Trinajstić information content (AvgIpc) is 3.16. The zero-order chi connectivity index (χ0) is 18.1. The van der Waals surface area contributed by atoms with E-state index in [2.05, 4.69) is 0 Å². The molecule has 0 aromatic rings. The number of nitrogens with zero attached hydrogens (tertiary/aromatic N) is 4. The summed E-state index contributed by atoms with van der Waals surface area (Å²) in [7, 11) is -4.30. The van der Waals surface area contributed by atoms with Gasteiger partial charge < -0.3 is 0 Å². The number of rotatable bonds is 1. The molecule has 4 fully saturated rings. The van der Waals surface area contributed by atoms with Crippen molar-refractivity contribution in [3.05, 3.63) is 10.3 Å². The normalized spacial score (nSPS) is 39.6. The van der Waals surface area contributed by atoms with Crippen LogP contribution in [0.15, 0.2) is 10.3 Å². The first-order valence-electron chi connectivity index (χ1n) is 8.13. The molecule has 4 heterocycles. The van der Waals surface area contributed by atoms with Crippen LogP contribution in [0.2, 0.25) is 0 Å². The fraction of sp³-hybridized carbons (Fsp3) is 0.846. The molecular formula is C13H16ClF6N4P. The van der Waals surface area contributed by atoms with Gasteiger partial charge >= 0.3 is 144 Å². The number of hydrogen-bond donors (Lipinski definition) is 0. The molecule has 0 saturated carbocycles. The van der Waals surface area contributed by atoms with E-state index in [1.54, 1.807) is 18.7 Å². The summed E-state index contributed by atoms with van der Waals surface area (Å²) in [5.74, 6) is -15.6. The van der Waals surface area contributed by atoms with Crippen LogP contribution in [0.4, 0.5) is 26.3 Å². The van der Waals surface area contributed by atoms with Crippen molar-refractivity contribution >= 4 is 18.8 Å². The van der Waals surface area contributed by atoms with Gasteiger partial charge in [0.05, 0.1) is 0 Å². The summed E-state index contributed by atoms with van der Waals surface area (Å²) in [6.45, 7) is 3.16. The monoisotopic (exact) mass is 408 g/mol. The molecule has 0 unspecified atom stereocenters. The fourth-order valence-corrected chi connectivity index (χ4v) is 14.4. The summed E-state index contributed by atoms with van der Waals surface area (Å²) in [6.07, 6.45) is 0. The van der Waals surface area contributed by atoms with Crippen LogP contribution in [0.3, 0.4) is 0 Å². The maximum atomic E-state index is 15.0. The van der Waals surface area contributed by atoms with Gasteiger partial charge in [-0.2, -0.15) is 0 Å². The van der Waals surface area contributed by atoms with Gasteiger partial charge in [-0.05, 0) is 0 Å². The van der Waals surface area contributed by atoms with Gasteiger partial charge in [-0.3, -0.25) is 0 Å². The van der Waals surface area contributed by atoms with Gasteiger partial charge in [-0.15, -0.1) is 0 Å². The second kappa shape index (κ2) is 4.31. The molecule has 0 aromatic carbocycles. The average molecular weight is 409 g/mol. The Kier molecular flexibility index (Phi) is 2.93. The molecule has 142 valence electrons. The Morgan fingerprint density at radius 2 is 0.960 bits per heavy atom. The van der Waals surface area contributed by atoms with Crippen LogP contribution in [0.5, 0.6) is 0 Å². The van der Waals surface area contributed by atoms with E-state index < -0.39 is 35.3 Å². The van der Waals surface area contributed by atoms with Crippen molar-refractivity contribution in [3.63, 3.8) is 0 Å². The van der Waals surface area contributed by atoms with Crippen molar-refractivity contribution < 1.29 is 26.3 Å². The third kappa shape index (κ3) is 1.30. The molecule has 1 spiro atoms. The van der Waals surface area contributed by atoms with E-state index in [1.165, 1.54) is 0 Å². The molecule has 0 atom stereocenters. The van der Waals surface area contributed by atoms with E-state index in [4.69, 9.17) is 11.6 Å². The van der Waals surface area contributed by atoms with Crippen LogP contribution in [0.25, 0.3) is 0 Å². The van der Waals surface area contributed by atoms with Crippen LogP contribution in [-0.4, -0.2) is 88.8 Å². The summed E-state index contributed by atoms with van der Waals surface area (Å²) in [5, 5.41) is -2.86. The third-order valence-corrected chi connectivity index (χ3v) is 14.1. The minimum atomic E-state index is -5.53. The van der Waals surface area contributed by atoms with Gasteiger partial charge in [0.25, 0.3) is 0 Å². The minimum absolute atomic E-state index is 0.395. The van der Waals surface area contributed by atoms with Crippen molar-refractivity contribution in [2.45, 2.75) is 17.8 Å². The molecule has 12 heteroatoms. The summed E-state index contributed by atoms with van der Waals surface area (Å²) >= 11 is 5.70. The standard InChI is InChI=1S/C13H16ClF6N4P/c14-9-10(12(17,18)13(19,20)11(9,15)16)25-21-1-2-22(25)5-6-24(25)8-7-23(25)4-3-21/h1-8H2. The van der Waals surface area contributed by atoms with Crippen LogP contribution in [0.1, 0.15) is 0 Å². The topological polar surface area (TPSA) is 13.0 Å². The van der Waals surface area contributed by atoms with Crippen LogP contribution in [0, 0.1) is 0 Å². The van der Waals surface area contributed by atoms with Gasteiger partial charge in [0.15, 0.2) is 0 Å². The van der Waals surface area contributed by atoms with Gasteiger partial charge in [0, 0.05) is 0 Å². The van der Waals surface area contributed by atoms with Crippen LogP contribution in [-0.2, 0) is 0 Å². The van der Waals surface area contributed by atoms with Gasteiger partial charge in [0.1, 0.15) is 0 Å². The van der Waals surface area contributed by atoms with Gasteiger partial charge in [-0.25, -0.2) is 0 Å². The van der Waals surface area contributed by atoms with E-state index in [0.717, 1.165) is 0 Å². The molecule has 25 heavy (non-hydrogen) atoms. The van der Waals surface area contributed by atoms with E-state index in [9.17, 15) is 26.3 Å². The Bertz CT molecular complexity index is 639. The van der Waals surface area contributed by atoms with E-state index in [0.29, 0.717) is 52.4 Å². The van der Waals surface area contributed by atoms with Crippen molar-refractivity contribution in [2.75, 3.05) is 52.4 Å². The van der Waals surface area contributed by atoms with E-state index in [1.807, 2.05) is 0 Å². The first-order chi connectivity index (χ1) is 11.5. The van der Waals surface area contributed by atoms with Crippen molar-refractivity contribution in [1.82, 2.24) is 18.7 Å². The molecule has 4 aliphatic heterocycles. The quantitative estimate of drug-likeness (QED) is 0.488. The van der Waals surface area contributed by atoms with Crippen LogP contribution < -0.4 is 0 Å². The van der Waals surface area contributed by atoms with Crippen molar-refractivity contribution in [1.29, 1.82) is 0 Å². The second-order valence-electron chi connectivity index (χ2n) is 7.14. The number of hydrogen-bond acceptors (Lipinski definition) is 4. The fourth-order valence-electron chi connectivity index (χ4n) is 5.68. The first kappa shape index (κ1) is 17.0. The number of alkyl halides is 6. The Labute approximate surface area is 145 Å². The molecule has 0 amide bonds.